The number of hydrogen-bond donors (Lipinski definition) is 2. The van der Waals surface area contributed by atoms with Crippen LogP contribution in [0.4, 0.5) is 33.3 Å². The summed E-state index contributed by atoms with van der Waals surface area (Å²) in [6.45, 7) is 1.03. The number of sulfonamides is 1. The van der Waals surface area contributed by atoms with E-state index >= 15 is 13.2 Å². The molecule has 1 amide bonds. The molecule has 4 aromatic rings. The molecule has 2 aliphatic carbocycles. The number of hydrogen-bond acceptors (Lipinski definition) is 6. The van der Waals surface area contributed by atoms with Crippen molar-refractivity contribution in [1.82, 2.24) is 0 Å². The van der Waals surface area contributed by atoms with Gasteiger partial charge in [0.25, 0.3) is 0 Å². The fraction of sp³-hybridized carbons (Fsp3) is 0.289. The minimum absolute atomic E-state index is 0.0322. The van der Waals surface area contributed by atoms with E-state index in [1.165, 1.54) is 31.2 Å². The highest BCUT2D eigenvalue weighted by molar-refractivity contribution is 7.93. The zero-order valence-electron chi connectivity index (χ0n) is 28.2. The minimum atomic E-state index is -5.12. The predicted molar refractivity (Wildman–Crippen MR) is 184 cm³/mol. The van der Waals surface area contributed by atoms with Crippen LogP contribution < -0.4 is 14.4 Å². The Kier molecular flexibility index (Phi) is 10.5. The van der Waals surface area contributed by atoms with Gasteiger partial charge in [-0.05, 0) is 84.9 Å². The highest BCUT2D eigenvalue weighted by atomic mass is 32.2. The van der Waals surface area contributed by atoms with Crippen LogP contribution in [-0.2, 0) is 27.8 Å². The van der Waals surface area contributed by atoms with Crippen molar-refractivity contribution in [1.29, 1.82) is 5.26 Å². The predicted octanol–water partition coefficient (Wildman–Crippen LogP) is 7.67. The summed E-state index contributed by atoms with van der Waals surface area (Å²) in [6, 6.07) is 14.7. The van der Waals surface area contributed by atoms with E-state index in [4.69, 9.17) is 4.74 Å². The van der Waals surface area contributed by atoms with E-state index in [1.54, 1.807) is 4.72 Å². The van der Waals surface area contributed by atoms with Gasteiger partial charge in [0, 0.05) is 12.0 Å². The molecule has 2 aliphatic rings. The lowest BCUT2D eigenvalue weighted by atomic mass is 9.98. The molecule has 2 fully saturated rings. The highest BCUT2D eigenvalue weighted by Gasteiger charge is 2.34. The van der Waals surface area contributed by atoms with Crippen molar-refractivity contribution in [3.63, 3.8) is 0 Å². The van der Waals surface area contributed by atoms with Gasteiger partial charge in [-0.2, -0.15) is 5.26 Å². The molecule has 4 aromatic carbocycles. The summed E-state index contributed by atoms with van der Waals surface area (Å²) in [5.41, 5.74) is -0.866. The van der Waals surface area contributed by atoms with Crippen LogP contribution in [0, 0.1) is 40.4 Å². The Balaban J connectivity index is 1.40. The van der Waals surface area contributed by atoms with Crippen LogP contribution in [0.25, 0.3) is 0 Å². The van der Waals surface area contributed by atoms with Crippen LogP contribution in [-0.4, -0.2) is 37.8 Å². The molecule has 0 aromatic heterocycles. The average Bonchev–Trinajstić information content (AvgIpc) is 4.04. The lowest BCUT2D eigenvalue weighted by molar-refractivity contribution is -0.116. The molecule has 2 saturated carbocycles. The number of rotatable bonds is 14. The molecule has 0 atom stereocenters. The second-order valence-electron chi connectivity index (χ2n) is 13.0. The molecule has 53 heavy (non-hydrogen) atoms. The first-order chi connectivity index (χ1) is 25.2. The summed E-state index contributed by atoms with van der Waals surface area (Å²) in [7, 11) is -5.12. The number of anilines is 2. The smallest absolute Gasteiger partial charge is 0.335 e. The molecule has 0 unspecified atom stereocenters. The van der Waals surface area contributed by atoms with E-state index in [0.717, 1.165) is 47.8 Å². The van der Waals surface area contributed by atoms with Gasteiger partial charge in [-0.25, -0.2) is 35.2 Å². The monoisotopic (exact) mass is 753 g/mol. The molecular weight excluding hydrogens is 721 g/mol. The van der Waals surface area contributed by atoms with Gasteiger partial charge in [0.15, 0.2) is 29.1 Å². The standard InChI is InChI=1S/C38H32F5N3O6S/c1-2-52-30-16-27(38(48)49)15-29(39)37(30)46(18-20-11-25(21-7-8-21)13-26(12-20)22-9-10-22)31(47)19-53(50,51)45-36-28(32(40)33(41)34(42)35(36)43)14-23-5-3-4-6-24(23)17-44/h3-6,11-13,15-16,21-22,45H,2,7-10,14,18-19H2,1H3,(H,48,49). The first-order valence-corrected chi connectivity index (χ1v) is 18.3. The van der Waals surface area contributed by atoms with Gasteiger partial charge in [0.1, 0.15) is 17.2 Å². The zero-order chi connectivity index (χ0) is 38.2. The number of benzene rings is 4. The second-order valence-corrected chi connectivity index (χ2v) is 14.7. The summed E-state index contributed by atoms with van der Waals surface area (Å²) in [5, 5.41) is 19.0. The summed E-state index contributed by atoms with van der Waals surface area (Å²) >= 11 is 0. The minimum Gasteiger partial charge on any atom is -0.492 e. The van der Waals surface area contributed by atoms with Gasteiger partial charge in [0.05, 0.1) is 36.0 Å². The van der Waals surface area contributed by atoms with Crippen molar-refractivity contribution in [2.24, 2.45) is 0 Å². The molecule has 0 aliphatic heterocycles. The zero-order valence-corrected chi connectivity index (χ0v) is 29.0. The van der Waals surface area contributed by atoms with E-state index in [-0.39, 0.29) is 35.3 Å². The number of amides is 1. The topological polar surface area (TPSA) is 137 Å². The van der Waals surface area contributed by atoms with E-state index in [1.807, 2.05) is 18.2 Å². The third-order valence-corrected chi connectivity index (χ3v) is 10.2. The van der Waals surface area contributed by atoms with Crippen molar-refractivity contribution in [3.05, 3.63) is 123 Å². The Hall–Kier alpha value is -5.49. The Morgan fingerprint density at radius 2 is 1.55 bits per heavy atom. The number of carboxylic acids is 1. The number of nitrogens with zero attached hydrogens (tertiary/aromatic N) is 2. The number of halogens is 5. The summed E-state index contributed by atoms with van der Waals surface area (Å²) in [6.07, 6.45) is 3.05. The van der Waals surface area contributed by atoms with Gasteiger partial charge >= 0.3 is 5.97 Å². The number of carbonyl (C=O) groups excluding carboxylic acids is 1. The van der Waals surface area contributed by atoms with Crippen molar-refractivity contribution < 1.29 is 49.8 Å². The first kappa shape index (κ1) is 37.3. The second kappa shape index (κ2) is 14.9. The van der Waals surface area contributed by atoms with Crippen molar-refractivity contribution in [3.8, 4) is 11.8 Å². The molecule has 0 spiro atoms. The Morgan fingerprint density at radius 1 is 0.925 bits per heavy atom. The molecule has 0 bridgehead atoms. The van der Waals surface area contributed by atoms with Crippen LogP contribution >= 0.6 is 0 Å². The number of nitrogens with one attached hydrogen (secondary N) is 1. The van der Waals surface area contributed by atoms with Crippen LogP contribution in [0.3, 0.4) is 0 Å². The van der Waals surface area contributed by atoms with Gasteiger partial charge in [-0.15, -0.1) is 0 Å². The molecular formula is C38H32F5N3O6S. The lowest BCUT2D eigenvalue weighted by Crippen LogP contribution is -2.38. The fourth-order valence-corrected chi connectivity index (χ4v) is 7.27. The Morgan fingerprint density at radius 3 is 2.13 bits per heavy atom. The number of nitriles is 1. The molecule has 276 valence electrons. The van der Waals surface area contributed by atoms with Crippen LogP contribution in [0.15, 0.2) is 54.6 Å². The summed E-state index contributed by atoms with van der Waals surface area (Å²) < 4.78 is 110. The highest BCUT2D eigenvalue weighted by Crippen LogP contribution is 2.46. The van der Waals surface area contributed by atoms with E-state index in [9.17, 15) is 37.2 Å². The van der Waals surface area contributed by atoms with Gasteiger partial charge in [-0.1, -0.05) is 36.4 Å². The van der Waals surface area contributed by atoms with Crippen LogP contribution in [0.2, 0.25) is 0 Å². The fourth-order valence-electron chi connectivity index (χ4n) is 6.20. The van der Waals surface area contributed by atoms with Gasteiger partial charge in [-0.3, -0.25) is 9.52 Å². The van der Waals surface area contributed by atoms with Crippen LogP contribution in [0.5, 0.6) is 5.75 Å². The largest absolute Gasteiger partial charge is 0.492 e. The van der Waals surface area contributed by atoms with E-state index < -0.39 is 92.2 Å². The Labute approximate surface area is 301 Å². The van der Waals surface area contributed by atoms with Crippen molar-refractivity contribution >= 4 is 33.3 Å². The average molecular weight is 754 g/mol. The van der Waals surface area contributed by atoms with E-state index in [2.05, 4.69) is 6.07 Å². The number of carbonyl (C=O) groups is 2. The molecule has 0 radical (unpaired) electrons. The third-order valence-electron chi connectivity index (χ3n) is 9.06. The van der Waals surface area contributed by atoms with Crippen molar-refractivity contribution in [2.45, 2.75) is 57.4 Å². The first-order valence-electron chi connectivity index (χ1n) is 16.7. The number of aromatic carboxylic acids is 1. The van der Waals surface area contributed by atoms with Crippen molar-refractivity contribution in [2.75, 3.05) is 22.0 Å². The lowest BCUT2D eigenvalue weighted by Gasteiger charge is -2.27. The number of carboxylic acid groups (broad SMARTS) is 1. The quantitative estimate of drug-likeness (QED) is 0.0766. The Bertz CT molecular complexity index is 2260. The molecule has 6 rings (SSSR count). The molecule has 0 saturated heterocycles. The van der Waals surface area contributed by atoms with E-state index in [0.29, 0.717) is 11.6 Å². The molecule has 9 nitrogen and oxygen atoms in total. The molecule has 15 heteroatoms. The summed E-state index contributed by atoms with van der Waals surface area (Å²) in [5.74, 6) is -13.9. The maximum absolute atomic E-state index is 15.9. The van der Waals surface area contributed by atoms with Crippen LogP contribution in [0.1, 0.15) is 88.2 Å². The SMILES string of the molecule is CCOc1cc(C(=O)O)cc(F)c1N(Cc1cc(C2CC2)cc(C2CC2)c1)C(=O)CS(=O)(=O)Nc1c(F)c(F)c(F)c(F)c1Cc1ccccc1C#N. The molecule has 2 N–H and O–H groups in total. The maximum atomic E-state index is 15.9. The number of ether oxygens (including phenoxy) is 1. The third kappa shape index (κ3) is 8.12. The van der Waals surface area contributed by atoms with Gasteiger partial charge < -0.3 is 14.7 Å². The summed E-state index contributed by atoms with van der Waals surface area (Å²) in [4.78, 5) is 26.6. The molecule has 0 heterocycles. The van der Waals surface area contributed by atoms with Gasteiger partial charge in [0.2, 0.25) is 15.9 Å². The maximum Gasteiger partial charge on any atom is 0.335 e. The normalized spacial score (nSPS) is 14.1.